The highest BCUT2D eigenvalue weighted by atomic mass is 16.5. The van der Waals surface area contributed by atoms with Crippen LogP contribution in [0.4, 0.5) is 0 Å². The topological polar surface area (TPSA) is 12.5 Å². The summed E-state index contributed by atoms with van der Waals surface area (Å²) in [6.45, 7) is 12.4. The zero-order chi connectivity index (χ0) is 10.6. The van der Waals surface area contributed by atoms with Crippen molar-refractivity contribution in [2.45, 2.75) is 52.7 Å². The van der Waals surface area contributed by atoms with Crippen LogP contribution in [0, 0.1) is 5.92 Å². The number of hydrogen-bond donors (Lipinski definition) is 0. The Morgan fingerprint density at radius 3 is 2.07 bits per heavy atom. The lowest BCUT2D eigenvalue weighted by atomic mass is 10.0. The Balaban J connectivity index is 2.35. The van der Waals surface area contributed by atoms with Crippen molar-refractivity contribution < 1.29 is 4.74 Å². The molecule has 1 saturated heterocycles. The van der Waals surface area contributed by atoms with Gasteiger partial charge in [0.1, 0.15) is 0 Å². The molecule has 2 nitrogen and oxygen atoms in total. The highest BCUT2D eigenvalue weighted by molar-refractivity contribution is 4.74. The molecule has 1 fully saturated rings. The summed E-state index contributed by atoms with van der Waals surface area (Å²) in [7, 11) is 0. The summed E-state index contributed by atoms with van der Waals surface area (Å²) in [6.07, 6.45) is 3.42. The van der Waals surface area contributed by atoms with Gasteiger partial charge >= 0.3 is 0 Å². The standard InChI is InChI=1S/C12H25NO/c1-5-12(6-2)9-13-7-10(3)14-11(4)8-13/h10-12H,5-9H2,1-4H3/t10-,11+. The van der Waals surface area contributed by atoms with Crippen LogP contribution in [0.3, 0.4) is 0 Å². The molecule has 14 heavy (non-hydrogen) atoms. The predicted octanol–water partition coefficient (Wildman–Crippen LogP) is 2.53. The van der Waals surface area contributed by atoms with Gasteiger partial charge in [-0.05, 0) is 19.8 Å². The number of hydrogen-bond acceptors (Lipinski definition) is 2. The van der Waals surface area contributed by atoms with Gasteiger partial charge in [0.15, 0.2) is 0 Å². The number of morpholine rings is 1. The van der Waals surface area contributed by atoms with E-state index in [1.165, 1.54) is 19.4 Å². The average molecular weight is 199 g/mol. The van der Waals surface area contributed by atoms with Crippen LogP contribution >= 0.6 is 0 Å². The van der Waals surface area contributed by atoms with Crippen molar-refractivity contribution in [3.63, 3.8) is 0 Å². The van der Waals surface area contributed by atoms with Gasteiger partial charge in [-0.3, -0.25) is 4.90 Å². The summed E-state index contributed by atoms with van der Waals surface area (Å²) in [6, 6.07) is 0. The van der Waals surface area contributed by atoms with E-state index in [-0.39, 0.29) is 0 Å². The normalized spacial score (nSPS) is 29.8. The molecule has 0 N–H and O–H groups in total. The molecule has 1 aliphatic heterocycles. The second-order valence-electron chi connectivity index (χ2n) is 4.66. The van der Waals surface area contributed by atoms with E-state index in [0.29, 0.717) is 12.2 Å². The smallest absolute Gasteiger partial charge is 0.0678 e. The van der Waals surface area contributed by atoms with Crippen LogP contribution in [0.25, 0.3) is 0 Å². The Kier molecular flexibility index (Phi) is 4.90. The first-order valence-electron chi connectivity index (χ1n) is 6.03. The summed E-state index contributed by atoms with van der Waals surface area (Å²) < 4.78 is 5.72. The Hall–Kier alpha value is -0.0800. The third-order valence-corrected chi connectivity index (χ3v) is 3.17. The maximum absolute atomic E-state index is 5.72. The van der Waals surface area contributed by atoms with Gasteiger partial charge < -0.3 is 4.74 Å². The third-order valence-electron chi connectivity index (χ3n) is 3.17. The van der Waals surface area contributed by atoms with Crippen LogP contribution in [-0.2, 0) is 4.74 Å². The first kappa shape index (κ1) is 12.0. The maximum Gasteiger partial charge on any atom is 0.0678 e. The van der Waals surface area contributed by atoms with Crippen LogP contribution in [0.2, 0.25) is 0 Å². The fourth-order valence-corrected chi connectivity index (χ4v) is 2.35. The van der Waals surface area contributed by atoms with E-state index in [1.807, 2.05) is 0 Å². The van der Waals surface area contributed by atoms with Gasteiger partial charge in [-0.25, -0.2) is 0 Å². The van der Waals surface area contributed by atoms with Crippen molar-refractivity contribution in [3.05, 3.63) is 0 Å². The third kappa shape index (κ3) is 3.58. The Morgan fingerprint density at radius 1 is 1.14 bits per heavy atom. The highest BCUT2D eigenvalue weighted by Gasteiger charge is 2.23. The summed E-state index contributed by atoms with van der Waals surface area (Å²) in [5, 5.41) is 0. The first-order valence-corrected chi connectivity index (χ1v) is 6.03. The van der Waals surface area contributed by atoms with Crippen LogP contribution in [0.1, 0.15) is 40.5 Å². The zero-order valence-corrected chi connectivity index (χ0v) is 10.1. The van der Waals surface area contributed by atoms with E-state index in [9.17, 15) is 0 Å². The fourth-order valence-electron chi connectivity index (χ4n) is 2.35. The van der Waals surface area contributed by atoms with Crippen molar-refractivity contribution in [2.24, 2.45) is 5.92 Å². The van der Waals surface area contributed by atoms with Crippen molar-refractivity contribution in [1.82, 2.24) is 4.90 Å². The molecule has 0 bridgehead atoms. The molecule has 2 heteroatoms. The summed E-state index contributed by atoms with van der Waals surface area (Å²) in [5.74, 6) is 0.868. The molecule has 0 aromatic carbocycles. The van der Waals surface area contributed by atoms with E-state index in [1.54, 1.807) is 0 Å². The minimum absolute atomic E-state index is 0.410. The maximum atomic E-state index is 5.72. The van der Waals surface area contributed by atoms with Gasteiger partial charge in [-0.2, -0.15) is 0 Å². The van der Waals surface area contributed by atoms with Crippen LogP contribution in [0.15, 0.2) is 0 Å². The van der Waals surface area contributed by atoms with Crippen LogP contribution in [-0.4, -0.2) is 36.7 Å². The van der Waals surface area contributed by atoms with Crippen LogP contribution in [0.5, 0.6) is 0 Å². The number of ether oxygens (including phenoxy) is 1. The summed E-state index contributed by atoms with van der Waals surface area (Å²) >= 11 is 0. The lowest BCUT2D eigenvalue weighted by molar-refractivity contribution is -0.0716. The van der Waals surface area contributed by atoms with Crippen molar-refractivity contribution in [2.75, 3.05) is 19.6 Å². The SMILES string of the molecule is CCC(CC)CN1C[C@@H](C)O[C@@H](C)C1. The van der Waals surface area contributed by atoms with E-state index >= 15 is 0 Å². The Labute approximate surface area is 88.6 Å². The van der Waals surface area contributed by atoms with Gasteiger partial charge in [0.25, 0.3) is 0 Å². The second kappa shape index (κ2) is 5.72. The molecular weight excluding hydrogens is 174 g/mol. The Morgan fingerprint density at radius 2 is 1.64 bits per heavy atom. The minimum atomic E-state index is 0.410. The van der Waals surface area contributed by atoms with E-state index in [2.05, 4.69) is 32.6 Å². The molecule has 0 radical (unpaired) electrons. The van der Waals surface area contributed by atoms with Gasteiger partial charge in [-0.1, -0.05) is 26.7 Å². The quantitative estimate of drug-likeness (QED) is 0.690. The molecule has 0 aromatic heterocycles. The molecular formula is C12H25NO. The second-order valence-corrected chi connectivity index (χ2v) is 4.66. The van der Waals surface area contributed by atoms with E-state index in [0.717, 1.165) is 19.0 Å². The molecule has 1 heterocycles. The monoisotopic (exact) mass is 199 g/mol. The van der Waals surface area contributed by atoms with Gasteiger partial charge in [0.2, 0.25) is 0 Å². The fraction of sp³-hybridized carbons (Fsp3) is 1.00. The van der Waals surface area contributed by atoms with E-state index < -0.39 is 0 Å². The molecule has 0 unspecified atom stereocenters. The summed E-state index contributed by atoms with van der Waals surface area (Å²) in [4.78, 5) is 2.57. The summed E-state index contributed by atoms with van der Waals surface area (Å²) in [5.41, 5.74) is 0. The molecule has 0 aliphatic carbocycles. The van der Waals surface area contributed by atoms with Crippen molar-refractivity contribution in [1.29, 1.82) is 0 Å². The Bertz CT molecular complexity index is 146. The lowest BCUT2D eigenvalue weighted by Gasteiger charge is -2.36. The average Bonchev–Trinajstić information content (AvgIpc) is 2.12. The predicted molar refractivity (Wildman–Crippen MR) is 60.5 cm³/mol. The molecule has 84 valence electrons. The molecule has 1 aliphatic rings. The first-order chi connectivity index (χ1) is 6.65. The van der Waals surface area contributed by atoms with Crippen molar-refractivity contribution >= 4 is 0 Å². The largest absolute Gasteiger partial charge is 0.373 e. The van der Waals surface area contributed by atoms with E-state index in [4.69, 9.17) is 4.74 Å². The zero-order valence-electron chi connectivity index (χ0n) is 10.1. The van der Waals surface area contributed by atoms with Crippen molar-refractivity contribution in [3.8, 4) is 0 Å². The molecule has 0 saturated carbocycles. The van der Waals surface area contributed by atoms with Crippen LogP contribution < -0.4 is 0 Å². The molecule has 0 aromatic rings. The molecule has 1 rings (SSSR count). The molecule has 0 spiro atoms. The minimum Gasteiger partial charge on any atom is -0.373 e. The van der Waals surface area contributed by atoms with Gasteiger partial charge in [0.05, 0.1) is 12.2 Å². The van der Waals surface area contributed by atoms with Gasteiger partial charge in [0, 0.05) is 19.6 Å². The lowest BCUT2D eigenvalue weighted by Crippen LogP contribution is -2.46. The highest BCUT2D eigenvalue weighted by Crippen LogP contribution is 2.15. The molecule has 2 atom stereocenters. The number of nitrogens with zero attached hydrogens (tertiary/aromatic N) is 1. The van der Waals surface area contributed by atoms with Gasteiger partial charge in [-0.15, -0.1) is 0 Å². The molecule has 0 amide bonds. The number of rotatable bonds is 4.